The SMILES string of the molecule is C[C@H](O)[C@H](O)[C@@H]1CNc2c(nc(N)[nH]c2=O)N1. The van der Waals surface area contributed by atoms with Gasteiger partial charge in [0.1, 0.15) is 11.8 Å². The van der Waals surface area contributed by atoms with Crippen LogP contribution in [0.3, 0.4) is 0 Å². The van der Waals surface area contributed by atoms with Crippen LogP contribution in [-0.2, 0) is 0 Å². The summed E-state index contributed by atoms with van der Waals surface area (Å²) >= 11 is 0. The lowest BCUT2D eigenvalue weighted by Crippen LogP contribution is -2.48. The molecule has 1 aliphatic heterocycles. The van der Waals surface area contributed by atoms with Crippen LogP contribution in [-0.4, -0.2) is 45.0 Å². The fourth-order valence-electron chi connectivity index (χ4n) is 1.74. The molecule has 1 aromatic heterocycles. The van der Waals surface area contributed by atoms with Crippen LogP contribution in [0.1, 0.15) is 6.92 Å². The minimum atomic E-state index is -0.960. The molecular weight excluding hydrogens is 226 g/mol. The lowest BCUT2D eigenvalue weighted by Gasteiger charge is -2.31. The minimum Gasteiger partial charge on any atom is -0.391 e. The molecule has 0 radical (unpaired) electrons. The maximum absolute atomic E-state index is 11.5. The lowest BCUT2D eigenvalue weighted by atomic mass is 10.0. The second-order valence-corrected chi connectivity index (χ2v) is 4.04. The summed E-state index contributed by atoms with van der Waals surface area (Å²) in [4.78, 5) is 17.8. The van der Waals surface area contributed by atoms with Crippen molar-refractivity contribution < 1.29 is 10.2 Å². The summed E-state index contributed by atoms with van der Waals surface area (Å²) in [6.45, 7) is 1.80. The maximum Gasteiger partial charge on any atom is 0.277 e. The molecule has 3 atom stereocenters. The van der Waals surface area contributed by atoms with Crippen LogP contribution >= 0.6 is 0 Å². The summed E-state index contributed by atoms with van der Waals surface area (Å²) in [6.07, 6.45) is -1.84. The van der Waals surface area contributed by atoms with Crippen molar-refractivity contribution in [3.05, 3.63) is 10.4 Å². The zero-order valence-electron chi connectivity index (χ0n) is 9.27. The van der Waals surface area contributed by atoms with Crippen molar-refractivity contribution in [1.82, 2.24) is 9.97 Å². The van der Waals surface area contributed by atoms with Crippen molar-refractivity contribution in [3.8, 4) is 0 Å². The first-order valence-corrected chi connectivity index (χ1v) is 5.25. The van der Waals surface area contributed by atoms with E-state index in [4.69, 9.17) is 5.73 Å². The van der Waals surface area contributed by atoms with Gasteiger partial charge in [-0.1, -0.05) is 0 Å². The first-order chi connectivity index (χ1) is 7.99. The highest BCUT2D eigenvalue weighted by Crippen LogP contribution is 2.21. The Morgan fingerprint density at radius 3 is 2.88 bits per heavy atom. The van der Waals surface area contributed by atoms with E-state index in [-0.39, 0.29) is 23.0 Å². The Hall–Kier alpha value is -1.80. The fraction of sp³-hybridized carbons (Fsp3) is 0.556. The summed E-state index contributed by atoms with van der Waals surface area (Å²) in [7, 11) is 0. The third kappa shape index (κ3) is 2.17. The molecule has 7 N–H and O–H groups in total. The second-order valence-electron chi connectivity index (χ2n) is 4.04. The number of nitrogens with zero attached hydrogens (tertiary/aromatic N) is 1. The van der Waals surface area contributed by atoms with E-state index in [0.717, 1.165) is 0 Å². The van der Waals surface area contributed by atoms with Crippen molar-refractivity contribution >= 4 is 17.5 Å². The summed E-state index contributed by atoms with van der Waals surface area (Å²) in [5.41, 5.74) is 5.33. The van der Waals surface area contributed by atoms with Gasteiger partial charge in [0.25, 0.3) is 5.56 Å². The highest BCUT2D eigenvalue weighted by atomic mass is 16.3. The van der Waals surface area contributed by atoms with E-state index >= 15 is 0 Å². The molecule has 1 aliphatic rings. The number of hydrogen-bond donors (Lipinski definition) is 6. The molecule has 1 aromatic rings. The molecule has 0 saturated carbocycles. The zero-order chi connectivity index (χ0) is 12.6. The number of fused-ring (bicyclic) bond motifs is 1. The number of nitrogens with one attached hydrogen (secondary N) is 3. The maximum atomic E-state index is 11.5. The molecule has 0 unspecified atom stereocenters. The molecule has 0 aromatic carbocycles. The van der Waals surface area contributed by atoms with E-state index in [1.165, 1.54) is 6.92 Å². The molecular formula is C9H15N5O3. The van der Waals surface area contributed by atoms with E-state index in [2.05, 4.69) is 20.6 Å². The summed E-state index contributed by atoms with van der Waals surface area (Å²) in [5, 5.41) is 24.7. The minimum absolute atomic E-state index is 0.00441. The second kappa shape index (κ2) is 4.22. The van der Waals surface area contributed by atoms with Crippen LogP contribution in [0.4, 0.5) is 17.5 Å². The average molecular weight is 241 g/mol. The van der Waals surface area contributed by atoms with Gasteiger partial charge in [-0.15, -0.1) is 0 Å². The summed E-state index contributed by atoms with van der Waals surface area (Å²) < 4.78 is 0. The zero-order valence-corrected chi connectivity index (χ0v) is 9.27. The van der Waals surface area contributed by atoms with E-state index in [1.807, 2.05) is 0 Å². The van der Waals surface area contributed by atoms with Crippen LogP contribution < -0.4 is 21.9 Å². The van der Waals surface area contributed by atoms with Crippen molar-refractivity contribution in [3.63, 3.8) is 0 Å². The molecule has 2 rings (SSSR count). The van der Waals surface area contributed by atoms with Crippen molar-refractivity contribution in [2.75, 3.05) is 22.9 Å². The van der Waals surface area contributed by atoms with Gasteiger partial charge in [-0.25, -0.2) is 0 Å². The average Bonchev–Trinajstić information content (AvgIpc) is 2.26. The monoisotopic (exact) mass is 241 g/mol. The van der Waals surface area contributed by atoms with Gasteiger partial charge in [0.15, 0.2) is 5.82 Å². The van der Waals surface area contributed by atoms with Gasteiger partial charge in [0.2, 0.25) is 5.95 Å². The topological polar surface area (TPSA) is 136 Å². The van der Waals surface area contributed by atoms with Gasteiger partial charge in [0, 0.05) is 6.54 Å². The van der Waals surface area contributed by atoms with E-state index in [9.17, 15) is 15.0 Å². The van der Waals surface area contributed by atoms with Gasteiger partial charge in [-0.2, -0.15) is 4.98 Å². The number of aliphatic hydroxyl groups is 2. The molecule has 8 nitrogen and oxygen atoms in total. The first-order valence-electron chi connectivity index (χ1n) is 5.25. The molecule has 17 heavy (non-hydrogen) atoms. The predicted molar refractivity (Wildman–Crippen MR) is 62.9 cm³/mol. The molecule has 0 saturated heterocycles. The summed E-state index contributed by atoms with van der Waals surface area (Å²) in [5.74, 6) is 0.275. The van der Waals surface area contributed by atoms with Crippen LogP contribution in [0.15, 0.2) is 4.79 Å². The number of aliphatic hydroxyl groups excluding tert-OH is 2. The van der Waals surface area contributed by atoms with Crippen molar-refractivity contribution in [2.45, 2.75) is 25.2 Å². The highest BCUT2D eigenvalue weighted by molar-refractivity contribution is 5.67. The molecule has 2 heterocycles. The Morgan fingerprint density at radius 1 is 1.53 bits per heavy atom. The Balaban J connectivity index is 2.27. The van der Waals surface area contributed by atoms with E-state index < -0.39 is 18.2 Å². The van der Waals surface area contributed by atoms with Crippen molar-refractivity contribution in [2.24, 2.45) is 0 Å². The van der Waals surface area contributed by atoms with Gasteiger partial charge >= 0.3 is 0 Å². The molecule has 0 spiro atoms. The number of aromatic nitrogens is 2. The van der Waals surface area contributed by atoms with Crippen LogP contribution in [0.5, 0.6) is 0 Å². The predicted octanol–water partition coefficient (Wildman–Crippen LogP) is -1.70. The van der Waals surface area contributed by atoms with Crippen molar-refractivity contribution in [1.29, 1.82) is 0 Å². The number of nitrogens with two attached hydrogens (primary N) is 1. The van der Waals surface area contributed by atoms with Crippen LogP contribution in [0.25, 0.3) is 0 Å². The standard InChI is InChI=1S/C9H15N5O3/c1-3(15)6(16)4-2-11-5-7(12-4)13-9(10)14-8(5)17/h3-4,6,11,15-16H,2H2,1H3,(H4,10,12,13,14,17)/t3-,4-,6-/m0/s1. The molecule has 8 heteroatoms. The number of nitrogen functional groups attached to an aromatic ring is 1. The highest BCUT2D eigenvalue weighted by Gasteiger charge is 2.29. The molecule has 0 amide bonds. The Bertz CT molecular complexity index is 472. The first kappa shape index (κ1) is 11.7. The molecule has 94 valence electrons. The quantitative estimate of drug-likeness (QED) is 0.363. The van der Waals surface area contributed by atoms with Gasteiger partial charge in [0.05, 0.1) is 12.1 Å². The third-order valence-corrected chi connectivity index (χ3v) is 2.67. The van der Waals surface area contributed by atoms with Crippen LogP contribution in [0.2, 0.25) is 0 Å². The van der Waals surface area contributed by atoms with Gasteiger partial charge in [-0.3, -0.25) is 9.78 Å². The number of aromatic amines is 1. The Morgan fingerprint density at radius 2 is 2.24 bits per heavy atom. The van der Waals surface area contributed by atoms with E-state index in [1.54, 1.807) is 0 Å². The smallest absolute Gasteiger partial charge is 0.277 e. The normalized spacial score (nSPS) is 21.9. The Kier molecular flexibility index (Phi) is 2.90. The number of H-pyrrole nitrogens is 1. The van der Waals surface area contributed by atoms with Crippen LogP contribution in [0, 0.1) is 0 Å². The number of rotatable bonds is 2. The molecule has 0 fully saturated rings. The van der Waals surface area contributed by atoms with E-state index in [0.29, 0.717) is 6.54 Å². The largest absolute Gasteiger partial charge is 0.391 e. The Labute approximate surface area is 96.9 Å². The molecule has 0 aliphatic carbocycles. The van der Waals surface area contributed by atoms with Gasteiger partial charge in [-0.05, 0) is 6.92 Å². The number of hydrogen-bond acceptors (Lipinski definition) is 7. The molecule has 0 bridgehead atoms. The lowest BCUT2D eigenvalue weighted by molar-refractivity contribution is 0.0213. The summed E-state index contributed by atoms with van der Waals surface area (Å²) in [6, 6.07) is -0.434. The van der Waals surface area contributed by atoms with Gasteiger partial charge < -0.3 is 26.6 Å². The third-order valence-electron chi connectivity index (χ3n) is 2.67. The number of anilines is 3. The fourth-order valence-corrected chi connectivity index (χ4v) is 1.74.